The van der Waals surface area contributed by atoms with E-state index in [-0.39, 0.29) is 71.9 Å². The van der Waals surface area contributed by atoms with Crippen LogP contribution in [0.15, 0.2) is 91.0 Å². The number of fused-ring (bicyclic) bond motifs is 3. The molecule has 0 spiro atoms. The van der Waals surface area contributed by atoms with Gasteiger partial charge in [0.1, 0.15) is 0 Å². The third-order valence-corrected chi connectivity index (χ3v) is 12.2. The van der Waals surface area contributed by atoms with Gasteiger partial charge in [-0.25, -0.2) is 0 Å². The van der Waals surface area contributed by atoms with E-state index in [0.29, 0.717) is 35.5 Å². The Kier molecular flexibility index (Phi) is 22.5. The quantitative estimate of drug-likeness (QED) is 0.0106. The zero-order valence-electron chi connectivity index (χ0n) is 40.2. The summed E-state index contributed by atoms with van der Waals surface area (Å²) >= 11 is 0. The molecule has 1 aromatic heterocycles. The first-order valence-electron chi connectivity index (χ1n) is 23.2. The van der Waals surface area contributed by atoms with E-state index in [9.17, 15) is 54.3 Å². The number of nitrogen functional groups attached to an aromatic ring is 2. The van der Waals surface area contributed by atoms with E-state index in [0.717, 1.165) is 81.2 Å². The number of nitrogens with two attached hydrogens (primary N) is 2. The predicted molar refractivity (Wildman–Crippen MR) is 266 cm³/mol. The molecule has 0 bridgehead atoms. The van der Waals surface area contributed by atoms with E-state index >= 15 is 0 Å². The van der Waals surface area contributed by atoms with Crippen LogP contribution in [0.2, 0.25) is 0 Å². The minimum Gasteiger partial charge on any atom is -0.480 e. The molecule has 71 heavy (non-hydrogen) atoms. The van der Waals surface area contributed by atoms with Crippen molar-refractivity contribution in [3.05, 3.63) is 96.6 Å². The standard InChI is InChI=1S/C51H64N8O11.Gd/c1-59(2,25-9-21-58-44-28-38(53)16-20-42(44)41-19-15-37(52)27-43(41)51(58)36-10-5-3-6-11-36)24-8-4-7-12-45(60)54-39-17-13-35(14-18-39)26-40(57(33-49(67)68)34-50(69)70)29-55(30-46(61)62)22-23-56(31-47(63)64)32-48(65)66;/h3,5-6,10-11,13-20,27-28,40,53H,4,7-9,12,21-26,29-34,52H2,1-2H3,(H5-,54,60,61,62,63,64,65,66,67,68,69,70);/q;+2/p+2. The van der Waals surface area contributed by atoms with E-state index in [1.54, 1.807) is 24.3 Å². The molecule has 0 aliphatic rings. The second-order valence-electron chi connectivity index (χ2n) is 18.4. The molecule has 19 nitrogen and oxygen atoms in total. The number of rotatable bonds is 30. The first-order valence-corrected chi connectivity index (χ1v) is 23.2. The van der Waals surface area contributed by atoms with Crippen molar-refractivity contribution in [2.75, 3.05) is 96.3 Å². The molecular weight excluding hydrogens is 1060 g/mol. The van der Waals surface area contributed by atoms with Crippen LogP contribution in [0.5, 0.6) is 0 Å². The number of hydrogen-bond donors (Lipinski definition) is 8. The van der Waals surface area contributed by atoms with Gasteiger partial charge in [0.25, 0.3) is 0 Å². The molecule has 0 aliphatic carbocycles. The fourth-order valence-corrected chi connectivity index (χ4v) is 8.96. The van der Waals surface area contributed by atoms with Crippen molar-refractivity contribution in [2.24, 2.45) is 0 Å². The van der Waals surface area contributed by atoms with E-state index in [1.807, 2.05) is 36.4 Å². The summed E-state index contributed by atoms with van der Waals surface area (Å²) in [5.41, 5.74) is 18.5. The number of nitrogens with one attached hydrogen (secondary N) is 1. The Balaban J connectivity index is 0.0000110. The fraction of sp³-hybridized carbons (Fsp3) is 0.392. The smallest absolute Gasteiger partial charge is 0.480 e. The number of pyridine rings is 1. The molecule has 1 heterocycles. The molecule has 0 radical (unpaired) electrons. The van der Waals surface area contributed by atoms with Gasteiger partial charge in [0.05, 0.1) is 77.1 Å². The summed E-state index contributed by atoms with van der Waals surface area (Å²) in [6.07, 6.45) is 3.79. The van der Waals surface area contributed by atoms with Gasteiger partial charge in [-0.05, 0) is 79.8 Å². The van der Waals surface area contributed by atoms with Gasteiger partial charge in [0.15, 0.2) is 6.54 Å². The number of carbonyl (C=O) groups is 6. The van der Waals surface area contributed by atoms with Crippen LogP contribution in [0.3, 0.4) is 0 Å². The van der Waals surface area contributed by atoms with E-state index < -0.39 is 68.6 Å². The molecule has 20 heteroatoms. The Morgan fingerprint density at radius 2 is 1.17 bits per heavy atom. The van der Waals surface area contributed by atoms with E-state index in [2.05, 4.69) is 54.3 Å². The SMILES string of the molecule is C[N+](C)(CCCCCC(=O)Nc1ccc(CC(CN(CCN(CC(=O)O)CC(=O)O)CC(=O)O)N(CC(=O)O)CC(=O)O)cc1)CCC[n+]1c(-c2ccccc2)c2cc(N)ccc2c2ccc(N)cc21.[Gd+2]. The van der Waals surface area contributed by atoms with Crippen LogP contribution in [-0.2, 0) is 41.7 Å². The summed E-state index contributed by atoms with van der Waals surface area (Å²) in [6, 6.07) is 28.4. The first-order chi connectivity index (χ1) is 33.3. The Labute approximate surface area is 444 Å². The van der Waals surface area contributed by atoms with Crippen molar-refractivity contribution in [1.82, 2.24) is 14.7 Å². The third-order valence-electron chi connectivity index (χ3n) is 12.2. The summed E-state index contributed by atoms with van der Waals surface area (Å²) in [5, 5.41) is 53.7. The van der Waals surface area contributed by atoms with Gasteiger partial charge in [0.2, 0.25) is 17.1 Å². The van der Waals surface area contributed by atoms with Crippen LogP contribution in [0, 0.1) is 39.9 Å². The van der Waals surface area contributed by atoms with Gasteiger partial charge in [-0.2, -0.15) is 4.57 Å². The molecule has 4 aromatic carbocycles. The maximum atomic E-state index is 13.0. The summed E-state index contributed by atoms with van der Waals surface area (Å²) in [4.78, 5) is 74.9. The number of anilines is 3. The second-order valence-corrected chi connectivity index (χ2v) is 18.4. The molecule has 380 valence electrons. The fourth-order valence-electron chi connectivity index (χ4n) is 8.96. The van der Waals surface area contributed by atoms with Crippen LogP contribution in [0.1, 0.15) is 37.7 Å². The molecule has 1 amide bonds. The number of aromatic nitrogens is 1. The molecule has 1 unspecified atom stereocenters. The number of aliphatic carboxylic acids is 5. The number of amides is 1. The van der Waals surface area contributed by atoms with E-state index in [4.69, 9.17) is 11.5 Å². The number of aryl methyl sites for hydroxylation is 1. The van der Waals surface area contributed by atoms with E-state index in [1.165, 1.54) is 9.80 Å². The van der Waals surface area contributed by atoms with Gasteiger partial charge >= 0.3 is 69.8 Å². The van der Waals surface area contributed by atoms with Gasteiger partial charge in [-0.1, -0.05) is 36.4 Å². The molecule has 0 saturated heterocycles. The Bertz CT molecular complexity index is 2600. The molecule has 5 rings (SSSR count). The Morgan fingerprint density at radius 1 is 0.620 bits per heavy atom. The van der Waals surface area contributed by atoms with Crippen LogP contribution in [0.25, 0.3) is 32.9 Å². The number of nitrogens with zero attached hydrogens (tertiary/aromatic N) is 5. The minimum absolute atomic E-state index is 0. The zero-order chi connectivity index (χ0) is 51.0. The van der Waals surface area contributed by atoms with Crippen LogP contribution in [-0.4, -0.2) is 166 Å². The van der Waals surface area contributed by atoms with Crippen LogP contribution in [0.4, 0.5) is 17.1 Å². The molecular formula is C51H66GdN8O11+4. The molecule has 10 N–H and O–H groups in total. The third kappa shape index (κ3) is 18.7. The Hall–Kier alpha value is -5.87. The van der Waals surface area contributed by atoms with Crippen molar-refractivity contribution in [3.63, 3.8) is 0 Å². The number of unbranched alkanes of at least 4 members (excludes halogenated alkanes) is 2. The molecule has 0 fully saturated rings. The molecule has 1 atom stereocenters. The zero-order valence-corrected chi connectivity index (χ0v) is 42.5. The second kappa shape index (κ2) is 27.7. The monoisotopic (exact) mass is 1120 g/mol. The summed E-state index contributed by atoms with van der Waals surface area (Å²) < 4.78 is 3.18. The van der Waals surface area contributed by atoms with Crippen molar-refractivity contribution in [1.29, 1.82) is 0 Å². The number of carboxylic acid groups (broad SMARTS) is 5. The summed E-state index contributed by atoms with van der Waals surface area (Å²) in [5.74, 6) is -6.57. The topological polar surface area (TPSA) is 281 Å². The first kappa shape index (κ1) is 57.7. The number of hydrogen-bond acceptors (Lipinski definition) is 11. The maximum Gasteiger partial charge on any atom is 2.00 e. The number of benzene rings is 4. The van der Waals surface area contributed by atoms with Gasteiger partial charge in [0, 0.05) is 66.2 Å². The number of quaternary nitrogens is 1. The molecule has 0 saturated carbocycles. The number of carboxylic acids is 5. The van der Waals surface area contributed by atoms with Gasteiger partial charge < -0.3 is 46.8 Å². The summed E-state index contributed by atoms with van der Waals surface area (Å²) in [6.45, 7) is -0.881. The Morgan fingerprint density at radius 3 is 1.77 bits per heavy atom. The van der Waals surface area contributed by atoms with Crippen molar-refractivity contribution in [2.45, 2.75) is 51.1 Å². The van der Waals surface area contributed by atoms with Crippen molar-refractivity contribution >= 4 is 74.5 Å². The van der Waals surface area contributed by atoms with Crippen LogP contribution >= 0.6 is 0 Å². The van der Waals surface area contributed by atoms with Gasteiger partial charge in [-0.3, -0.25) is 43.5 Å². The summed E-state index contributed by atoms with van der Waals surface area (Å²) in [7, 11) is 4.45. The normalized spacial score (nSPS) is 12.0. The van der Waals surface area contributed by atoms with Gasteiger partial charge in [-0.15, -0.1) is 0 Å². The largest absolute Gasteiger partial charge is 2.00 e. The van der Waals surface area contributed by atoms with Crippen molar-refractivity contribution in [3.8, 4) is 11.3 Å². The number of carbonyl (C=O) groups excluding carboxylic acids is 1. The average molecular weight is 1120 g/mol. The molecule has 5 aromatic rings. The predicted octanol–water partition coefficient (Wildman–Crippen LogP) is 4.02. The van der Waals surface area contributed by atoms with Crippen LogP contribution < -0.4 is 21.4 Å². The van der Waals surface area contributed by atoms with Crippen molar-refractivity contribution < 1.29 is 103 Å². The minimum atomic E-state index is -1.30. The average Bonchev–Trinajstić information content (AvgIpc) is 3.27. The molecule has 0 aliphatic heterocycles. The maximum absolute atomic E-state index is 13.0.